The molecule has 0 heterocycles. The topological polar surface area (TPSA) is 0 Å². The van der Waals surface area contributed by atoms with Crippen molar-refractivity contribution in [2.75, 3.05) is 5.88 Å². The summed E-state index contributed by atoms with van der Waals surface area (Å²) in [7, 11) is 0. The molecule has 0 aliphatic rings. The maximum atomic E-state index is 12.8. The molecule has 0 aliphatic heterocycles. The lowest BCUT2D eigenvalue weighted by molar-refractivity contribution is 0.627. The molecule has 70 valence electrons. The van der Waals surface area contributed by atoms with E-state index in [0.29, 0.717) is 10.9 Å². The van der Waals surface area contributed by atoms with Crippen LogP contribution in [0.4, 0.5) is 4.39 Å². The van der Waals surface area contributed by atoms with E-state index in [1.165, 1.54) is 12.1 Å². The van der Waals surface area contributed by atoms with Gasteiger partial charge in [-0.2, -0.15) is 0 Å². The summed E-state index contributed by atoms with van der Waals surface area (Å²) in [5, 5.41) is 0.408. The summed E-state index contributed by atoms with van der Waals surface area (Å²) in [6.45, 7) is 0. The van der Waals surface area contributed by atoms with Crippen molar-refractivity contribution in [3.05, 3.63) is 40.7 Å². The molecule has 0 saturated carbocycles. The Morgan fingerprint density at radius 1 is 1.31 bits per heavy atom. The second-order valence-corrected chi connectivity index (χ2v) is 3.40. The SMILES string of the molecule is Fc1cc(Cl)cc(C=CCCCl)c1. The van der Waals surface area contributed by atoms with Crippen LogP contribution in [0.25, 0.3) is 6.08 Å². The normalized spacial score (nSPS) is 11.0. The van der Waals surface area contributed by atoms with E-state index in [1.807, 2.05) is 6.08 Å². The summed E-state index contributed by atoms with van der Waals surface area (Å²) in [5.41, 5.74) is 0.759. The van der Waals surface area contributed by atoms with Gasteiger partial charge in [-0.05, 0) is 30.2 Å². The summed E-state index contributed by atoms with van der Waals surface area (Å²) < 4.78 is 12.8. The average Bonchev–Trinajstić information content (AvgIpc) is 2.03. The van der Waals surface area contributed by atoms with Crippen molar-refractivity contribution < 1.29 is 4.39 Å². The van der Waals surface area contributed by atoms with Crippen molar-refractivity contribution in [1.29, 1.82) is 0 Å². The fraction of sp³-hybridized carbons (Fsp3) is 0.200. The first kappa shape index (κ1) is 10.6. The Hall–Kier alpha value is -0.530. The van der Waals surface area contributed by atoms with Crippen LogP contribution < -0.4 is 0 Å². The molecule has 0 saturated heterocycles. The minimum Gasteiger partial charge on any atom is -0.207 e. The van der Waals surface area contributed by atoms with Gasteiger partial charge in [-0.1, -0.05) is 23.8 Å². The molecule has 0 aliphatic carbocycles. The van der Waals surface area contributed by atoms with Gasteiger partial charge in [0, 0.05) is 10.9 Å². The first-order valence-corrected chi connectivity index (χ1v) is 4.82. The lowest BCUT2D eigenvalue weighted by Crippen LogP contribution is -1.78. The number of alkyl halides is 1. The molecule has 1 aromatic carbocycles. The van der Waals surface area contributed by atoms with E-state index in [4.69, 9.17) is 23.2 Å². The second kappa shape index (κ2) is 5.25. The largest absolute Gasteiger partial charge is 0.207 e. The van der Waals surface area contributed by atoms with Crippen LogP contribution in [-0.4, -0.2) is 5.88 Å². The van der Waals surface area contributed by atoms with E-state index in [-0.39, 0.29) is 5.82 Å². The summed E-state index contributed by atoms with van der Waals surface area (Å²) in [5.74, 6) is 0.248. The van der Waals surface area contributed by atoms with E-state index >= 15 is 0 Å². The highest BCUT2D eigenvalue weighted by atomic mass is 35.5. The van der Waals surface area contributed by atoms with Crippen LogP contribution in [0.1, 0.15) is 12.0 Å². The number of hydrogen-bond donors (Lipinski definition) is 0. The third-order valence-corrected chi connectivity index (χ3v) is 1.91. The van der Waals surface area contributed by atoms with Gasteiger partial charge in [0.15, 0.2) is 0 Å². The highest BCUT2D eigenvalue weighted by Crippen LogP contribution is 2.15. The fourth-order valence-corrected chi connectivity index (χ4v) is 1.31. The van der Waals surface area contributed by atoms with Crippen LogP contribution in [0.15, 0.2) is 24.3 Å². The molecule has 1 rings (SSSR count). The summed E-state index contributed by atoms with van der Waals surface area (Å²) in [6, 6.07) is 4.41. The van der Waals surface area contributed by atoms with Crippen LogP contribution in [-0.2, 0) is 0 Å². The van der Waals surface area contributed by atoms with Crippen molar-refractivity contribution >= 4 is 29.3 Å². The Morgan fingerprint density at radius 2 is 2.08 bits per heavy atom. The Bertz CT molecular complexity index is 288. The van der Waals surface area contributed by atoms with Gasteiger partial charge in [0.05, 0.1) is 0 Å². The monoisotopic (exact) mass is 218 g/mol. The minimum atomic E-state index is -0.321. The third kappa shape index (κ3) is 3.79. The lowest BCUT2D eigenvalue weighted by atomic mass is 10.2. The van der Waals surface area contributed by atoms with Gasteiger partial charge < -0.3 is 0 Å². The van der Waals surface area contributed by atoms with Gasteiger partial charge in [0.25, 0.3) is 0 Å². The summed E-state index contributed by atoms with van der Waals surface area (Å²) in [6.07, 6.45) is 4.46. The number of rotatable bonds is 3. The average molecular weight is 219 g/mol. The number of benzene rings is 1. The van der Waals surface area contributed by atoms with Crippen molar-refractivity contribution in [3.63, 3.8) is 0 Å². The first-order valence-electron chi connectivity index (χ1n) is 3.91. The molecular weight excluding hydrogens is 210 g/mol. The number of halogens is 3. The van der Waals surface area contributed by atoms with E-state index in [9.17, 15) is 4.39 Å². The molecular formula is C10H9Cl2F. The zero-order valence-corrected chi connectivity index (χ0v) is 8.45. The molecule has 0 N–H and O–H groups in total. The van der Waals surface area contributed by atoms with E-state index < -0.39 is 0 Å². The number of allylic oxidation sites excluding steroid dienone is 1. The van der Waals surface area contributed by atoms with E-state index in [1.54, 1.807) is 12.1 Å². The zero-order chi connectivity index (χ0) is 9.68. The molecule has 0 aromatic heterocycles. The van der Waals surface area contributed by atoms with Gasteiger partial charge in [-0.15, -0.1) is 11.6 Å². The molecule has 0 bridgehead atoms. The molecule has 3 heteroatoms. The highest BCUT2D eigenvalue weighted by molar-refractivity contribution is 6.30. The van der Waals surface area contributed by atoms with Crippen molar-refractivity contribution in [1.82, 2.24) is 0 Å². The Morgan fingerprint density at radius 3 is 2.69 bits per heavy atom. The maximum absolute atomic E-state index is 12.8. The van der Waals surface area contributed by atoms with Gasteiger partial charge >= 0.3 is 0 Å². The maximum Gasteiger partial charge on any atom is 0.125 e. The molecule has 0 radical (unpaired) electrons. The Kier molecular flexibility index (Phi) is 4.26. The van der Waals surface area contributed by atoms with Crippen LogP contribution in [0, 0.1) is 5.82 Å². The van der Waals surface area contributed by atoms with Crippen molar-refractivity contribution in [2.24, 2.45) is 0 Å². The Labute approximate surface area is 87.0 Å². The molecule has 0 fully saturated rings. The van der Waals surface area contributed by atoms with Crippen LogP contribution in [0.3, 0.4) is 0 Å². The zero-order valence-electron chi connectivity index (χ0n) is 6.93. The lowest BCUT2D eigenvalue weighted by Gasteiger charge is -1.95. The van der Waals surface area contributed by atoms with Crippen molar-refractivity contribution in [2.45, 2.75) is 6.42 Å². The summed E-state index contributed by atoms with van der Waals surface area (Å²) in [4.78, 5) is 0. The third-order valence-electron chi connectivity index (χ3n) is 1.47. The van der Waals surface area contributed by atoms with Crippen LogP contribution in [0.2, 0.25) is 5.02 Å². The second-order valence-electron chi connectivity index (χ2n) is 2.58. The van der Waals surface area contributed by atoms with Gasteiger partial charge in [-0.25, -0.2) is 4.39 Å². The highest BCUT2D eigenvalue weighted by Gasteiger charge is 1.95. The minimum absolute atomic E-state index is 0.321. The van der Waals surface area contributed by atoms with Gasteiger partial charge in [0.1, 0.15) is 5.82 Å². The van der Waals surface area contributed by atoms with Crippen LogP contribution >= 0.6 is 23.2 Å². The smallest absolute Gasteiger partial charge is 0.125 e. The first-order chi connectivity index (χ1) is 6.22. The predicted octanol–water partition coefficient (Wildman–Crippen LogP) is 4.12. The molecule has 0 spiro atoms. The standard InChI is InChI=1S/C10H9Cl2F/c11-4-2-1-3-8-5-9(12)7-10(13)6-8/h1,3,5-7H,2,4H2. The van der Waals surface area contributed by atoms with E-state index in [2.05, 4.69) is 0 Å². The predicted molar refractivity (Wildman–Crippen MR) is 55.8 cm³/mol. The molecule has 0 nitrogen and oxygen atoms in total. The summed E-state index contributed by atoms with van der Waals surface area (Å²) >= 11 is 11.1. The van der Waals surface area contributed by atoms with Gasteiger partial charge in [-0.3, -0.25) is 0 Å². The molecule has 13 heavy (non-hydrogen) atoms. The molecule has 0 unspecified atom stereocenters. The fourth-order valence-electron chi connectivity index (χ4n) is 0.954. The van der Waals surface area contributed by atoms with E-state index in [0.717, 1.165) is 12.0 Å². The van der Waals surface area contributed by atoms with Crippen LogP contribution in [0.5, 0.6) is 0 Å². The molecule has 1 aromatic rings. The quantitative estimate of drug-likeness (QED) is 0.670. The van der Waals surface area contributed by atoms with Gasteiger partial charge in [0.2, 0.25) is 0 Å². The number of hydrogen-bond acceptors (Lipinski definition) is 0. The van der Waals surface area contributed by atoms with Crippen molar-refractivity contribution in [3.8, 4) is 0 Å². The Balaban J connectivity index is 2.77. The molecule has 0 atom stereocenters. The molecule has 0 amide bonds.